The molecule has 0 radical (unpaired) electrons. The van der Waals surface area contributed by atoms with Crippen LogP contribution in [0.4, 0.5) is 30.5 Å². The zero-order valence-corrected chi connectivity index (χ0v) is 12.3. The molecule has 0 saturated heterocycles. The van der Waals surface area contributed by atoms with Crippen LogP contribution in [0, 0.1) is 6.92 Å². The summed E-state index contributed by atoms with van der Waals surface area (Å²) in [6.07, 6.45) is -3.50. The standard InChI is InChI=1S/C15H17F3N4/c1-3-8-19-13-9-14(21-10(2)20-13)22-12-7-5-4-6-11(12)15(16,17)18/h4-7,9H,3,8H2,1-2H3,(H2,19,20,21,22). The minimum atomic E-state index is -4.42. The zero-order chi connectivity index (χ0) is 16.2. The molecule has 2 rings (SSSR count). The van der Waals surface area contributed by atoms with E-state index in [9.17, 15) is 13.2 Å². The molecule has 7 heteroatoms. The van der Waals surface area contributed by atoms with E-state index in [1.54, 1.807) is 19.1 Å². The molecule has 22 heavy (non-hydrogen) atoms. The number of para-hydroxylation sites is 1. The molecule has 1 aromatic heterocycles. The predicted octanol–water partition coefficient (Wildman–Crippen LogP) is 4.37. The summed E-state index contributed by atoms with van der Waals surface area (Å²) < 4.78 is 39.0. The van der Waals surface area contributed by atoms with E-state index in [4.69, 9.17) is 0 Å². The Morgan fingerprint density at radius 2 is 1.77 bits per heavy atom. The highest BCUT2D eigenvalue weighted by atomic mass is 19.4. The summed E-state index contributed by atoms with van der Waals surface area (Å²) >= 11 is 0. The van der Waals surface area contributed by atoms with Gasteiger partial charge in [0.1, 0.15) is 17.5 Å². The smallest absolute Gasteiger partial charge is 0.370 e. The Balaban J connectivity index is 2.30. The molecule has 0 saturated carbocycles. The van der Waals surface area contributed by atoms with E-state index >= 15 is 0 Å². The molecule has 0 spiro atoms. The summed E-state index contributed by atoms with van der Waals surface area (Å²) in [5, 5.41) is 5.82. The molecule has 2 aromatic rings. The Morgan fingerprint density at radius 1 is 1.09 bits per heavy atom. The van der Waals surface area contributed by atoms with Crippen LogP contribution in [0.15, 0.2) is 30.3 Å². The van der Waals surface area contributed by atoms with Crippen molar-refractivity contribution in [2.75, 3.05) is 17.2 Å². The Morgan fingerprint density at radius 3 is 2.45 bits per heavy atom. The lowest BCUT2D eigenvalue weighted by Gasteiger charge is -2.14. The number of benzene rings is 1. The van der Waals surface area contributed by atoms with Gasteiger partial charge in [-0.3, -0.25) is 0 Å². The molecule has 0 aliphatic heterocycles. The van der Waals surface area contributed by atoms with Gasteiger partial charge in [-0.15, -0.1) is 0 Å². The first-order chi connectivity index (χ1) is 10.4. The van der Waals surface area contributed by atoms with Crippen LogP contribution in [0.1, 0.15) is 24.7 Å². The van der Waals surface area contributed by atoms with Gasteiger partial charge in [0.25, 0.3) is 0 Å². The highest BCUT2D eigenvalue weighted by Gasteiger charge is 2.33. The van der Waals surface area contributed by atoms with Gasteiger partial charge in [0, 0.05) is 12.6 Å². The number of aryl methyl sites for hydroxylation is 1. The number of halogens is 3. The molecule has 0 aliphatic rings. The van der Waals surface area contributed by atoms with Gasteiger partial charge in [0.05, 0.1) is 11.3 Å². The second-order valence-corrected chi connectivity index (χ2v) is 4.78. The van der Waals surface area contributed by atoms with Crippen LogP contribution in [-0.2, 0) is 6.18 Å². The van der Waals surface area contributed by atoms with Crippen molar-refractivity contribution >= 4 is 17.3 Å². The average Bonchev–Trinajstić information content (AvgIpc) is 2.44. The van der Waals surface area contributed by atoms with Crippen LogP contribution in [-0.4, -0.2) is 16.5 Å². The number of rotatable bonds is 5. The first-order valence-corrected chi connectivity index (χ1v) is 6.93. The van der Waals surface area contributed by atoms with Gasteiger partial charge in [-0.05, 0) is 25.5 Å². The fourth-order valence-electron chi connectivity index (χ4n) is 1.95. The number of aromatic nitrogens is 2. The molecule has 2 N–H and O–H groups in total. The number of nitrogens with one attached hydrogen (secondary N) is 2. The van der Waals surface area contributed by atoms with Gasteiger partial charge in [-0.1, -0.05) is 19.1 Å². The lowest BCUT2D eigenvalue weighted by Crippen LogP contribution is -2.10. The molecular formula is C15H17F3N4. The van der Waals surface area contributed by atoms with Gasteiger partial charge in [0.2, 0.25) is 0 Å². The first-order valence-electron chi connectivity index (χ1n) is 6.93. The van der Waals surface area contributed by atoms with E-state index < -0.39 is 11.7 Å². The van der Waals surface area contributed by atoms with Crippen LogP contribution in [0.25, 0.3) is 0 Å². The predicted molar refractivity (Wildman–Crippen MR) is 80.3 cm³/mol. The average molecular weight is 310 g/mol. The highest BCUT2D eigenvalue weighted by Crippen LogP contribution is 2.35. The van der Waals surface area contributed by atoms with E-state index in [1.165, 1.54) is 12.1 Å². The third kappa shape index (κ3) is 4.09. The third-order valence-electron chi connectivity index (χ3n) is 2.89. The summed E-state index contributed by atoms with van der Waals surface area (Å²) in [5.41, 5.74) is -0.760. The van der Waals surface area contributed by atoms with Crippen LogP contribution in [0.2, 0.25) is 0 Å². The minimum Gasteiger partial charge on any atom is -0.370 e. The Labute approximate surface area is 126 Å². The zero-order valence-electron chi connectivity index (χ0n) is 12.3. The topological polar surface area (TPSA) is 49.8 Å². The molecule has 118 valence electrons. The number of hydrogen-bond donors (Lipinski definition) is 2. The van der Waals surface area contributed by atoms with E-state index in [0.29, 0.717) is 17.5 Å². The molecular weight excluding hydrogens is 293 g/mol. The van der Waals surface area contributed by atoms with Crippen molar-refractivity contribution in [3.05, 3.63) is 41.7 Å². The van der Waals surface area contributed by atoms with Crippen molar-refractivity contribution in [3.63, 3.8) is 0 Å². The number of hydrogen-bond acceptors (Lipinski definition) is 4. The van der Waals surface area contributed by atoms with E-state index in [1.807, 2.05) is 6.92 Å². The summed E-state index contributed by atoms with van der Waals surface area (Å²) in [5.74, 6) is 1.39. The first kappa shape index (κ1) is 16.1. The molecule has 0 unspecified atom stereocenters. The van der Waals surface area contributed by atoms with Crippen molar-refractivity contribution in [2.24, 2.45) is 0 Å². The van der Waals surface area contributed by atoms with E-state index in [-0.39, 0.29) is 5.69 Å². The molecule has 0 atom stereocenters. The fraction of sp³-hybridized carbons (Fsp3) is 0.333. The SMILES string of the molecule is CCCNc1cc(Nc2ccccc2C(F)(F)F)nc(C)n1. The Hall–Kier alpha value is -2.31. The highest BCUT2D eigenvalue weighted by molar-refractivity contribution is 5.63. The maximum Gasteiger partial charge on any atom is 0.418 e. The maximum absolute atomic E-state index is 13.0. The van der Waals surface area contributed by atoms with Gasteiger partial charge < -0.3 is 10.6 Å². The molecule has 4 nitrogen and oxygen atoms in total. The van der Waals surface area contributed by atoms with Crippen molar-refractivity contribution < 1.29 is 13.2 Å². The lowest BCUT2D eigenvalue weighted by molar-refractivity contribution is -0.136. The summed E-state index contributed by atoms with van der Waals surface area (Å²) in [6.45, 7) is 4.44. The quantitative estimate of drug-likeness (QED) is 0.861. The Bertz CT molecular complexity index is 641. The van der Waals surface area contributed by atoms with Crippen molar-refractivity contribution in [1.29, 1.82) is 0 Å². The van der Waals surface area contributed by atoms with Crippen LogP contribution in [0.5, 0.6) is 0 Å². The molecule has 1 heterocycles. The van der Waals surface area contributed by atoms with Crippen molar-refractivity contribution in [2.45, 2.75) is 26.4 Å². The molecule has 0 amide bonds. The number of nitrogens with zero attached hydrogens (tertiary/aromatic N) is 2. The van der Waals surface area contributed by atoms with Crippen LogP contribution in [0.3, 0.4) is 0 Å². The molecule has 1 aromatic carbocycles. The lowest BCUT2D eigenvalue weighted by atomic mass is 10.1. The Kier molecular flexibility index (Phi) is 4.85. The molecule has 0 aliphatic carbocycles. The van der Waals surface area contributed by atoms with E-state index in [2.05, 4.69) is 20.6 Å². The summed E-state index contributed by atoms with van der Waals surface area (Å²) in [6, 6.07) is 6.90. The van der Waals surface area contributed by atoms with Crippen LogP contribution < -0.4 is 10.6 Å². The van der Waals surface area contributed by atoms with E-state index in [0.717, 1.165) is 19.0 Å². The second-order valence-electron chi connectivity index (χ2n) is 4.78. The fourth-order valence-corrected chi connectivity index (χ4v) is 1.95. The number of alkyl halides is 3. The normalized spacial score (nSPS) is 11.3. The van der Waals surface area contributed by atoms with Gasteiger partial charge >= 0.3 is 6.18 Å². The van der Waals surface area contributed by atoms with Crippen LogP contribution >= 0.6 is 0 Å². The van der Waals surface area contributed by atoms with Gasteiger partial charge in [-0.25, -0.2) is 9.97 Å². The molecule has 0 bridgehead atoms. The largest absolute Gasteiger partial charge is 0.418 e. The van der Waals surface area contributed by atoms with Gasteiger partial charge in [0.15, 0.2) is 0 Å². The second kappa shape index (κ2) is 6.64. The van der Waals surface area contributed by atoms with Crippen molar-refractivity contribution in [1.82, 2.24) is 9.97 Å². The summed E-state index contributed by atoms with van der Waals surface area (Å²) in [4.78, 5) is 8.33. The monoisotopic (exact) mass is 310 g/mol. The van der Waals surface area contributed by atoms with Crippen molar-refractivity contribution in [3.8, 4) is 0 Å². The number of anilines is 3. The van der Waals surface area contributed by atoms with Gasteiger partial charge in [-0.2, -0.15) is 13.2 Å². The summed E-state index contributed by atoms with van der Waals surface area (Å²) in [7, 11) is 0. The molecule has 0 fully saturated rings. The minimum absolute atomic E-state index is 0.0328. The third-order valence-corrected chi connectivity index (χ3v) is 2.89. The maximum atomic E-state index is 13.0.